The molecule has 0 saturated carbocycles. The SMILES string of the molecule is O=C(N=Nc1c(O)[nH]c2ccc(I)cc12)c1ccc(Cl)cc1Cl. The van der Waals surface area contributed by atoms with Gasteiger partial charge in [-0.1, -0.05) is 23.2 Å². The Morgan fingerprint density at radius 1 is 1.17 bits per heavy atom. The van der Waals surface area contributed by atoms with Crippen LogP contribution < -0.4 is 0 Å². The molecule has 3 aromatic rings. The number of fused-ring (bicyclic) bond motifs is 1. The molecule has 23 heavy (non-hydrogen) atoms. The molecule has 0 saturated heterocycles. The van der Waals surface area contributed by atoms with Crippen molar-refractivity contribution in [2.45, 2.75) is 0 Å². The highest BCUT2D eigenvalue weighted by Gasteiger charge is 2.13. The first-order valence-corrected chi connectivity index (χ1v) is 8.20. The van der Waals surface area contributed by atoms with E-state index in [2.05, 4.69) is 37.8 Å². The van der Waals surface area contributed by atoms with Gasteiger partial charge in [0.2, 0.25) is 5.88 Å². The van der Waals surface area contributed by atoms with E-state index in [4.69, 9.17) is 23.2 Å². The van der Waals surface area contributed by atoms with Crippen molar-refractivity contribution >= 4 is 68.3 Å². The van der Waals surface area contributed by atoms with Crippen molar-refractivity contribution in [1.29, 1.82) is 0 Å². The van der Waals surface area contributed by atoms with Crippen LogP contribution in [0, 0.1) is 3.57 Å². The van der Waals surface area contributed by atoms with Crippen molar-refractivity contribution in [3.63, 3.8) is 0 Å². The van der Waals surface area contributed by atoms with Crippen LogP contribution >= 0.6 is 45.8 Å². The highest BCUT2D eigenvalue weighted by atomic mass is 127. The lowest BCUT2D eigenvalue weighted by atomic mass is 10.2. The lowest BCUT2D eigenvalue weighted by Gasteiger charge is -1.99. The molecule has 0 fully saturated rings. The zero-order valence-corrected chi connectivity index (χ0v) is 15.0. The minimum absolute atomic E-state index is 0.152. The standard InChI is InChI=1S/C15H8Cl2IN3O2/c16-7-1-3-9(11(17)5-7)14(22)21-20-13-10-6-8(18)2-4-12(10)19-15(13)23/h1-6,19,23H. The number of H-pyrrole nitrogens is 1. The Hall–Kier alpha value is -1.64. The van der Waals surface area contributed by atoms with Crippen LogP contribution in [0.1, 0.15) is 10.4 Å². The van der Waals surface area contributed by atoms with Gasteiger partial charge in [-0.2, -0.15) is 0 Å². The van der Waals surface area contributed by atoms with Crippen LogP contribution in [0.25, 0.3) is 10.9 Å². The summed E-state index contributed by atoms with van der Waals surface area (Å²) in [4.78, 5) is 14.9. The second kappa shape index (κ2) is 6.46. The molecule has 0 radical (unpaired) electrons. The monoisotopic (exact) mass is 459 g/mol. The molecule has 0 aliphatic heterocycles. The van der Waals surface area contributed by atoms with Gasteiger partial charge < -0.3 is 10.1 Å². The minimum atomic E-state index is -0.619. The molecule has 0 spiro atoms. The molecule has 0 bridgehead atoms. The number of hydrogen-bond donors (Lipinski definition) is 2. The smallest absolute Gasteiger partial charge is 0.296 e. The molecule has 0 unspecified atom stereocenters. The summed E-state index contributed by atoms with van der Waals surface area (Å²) in [6.45, 7) is 0. The summed E-state index contributed by atoms with van der Waals surface area (Å²) in [5, 5.41) is 18.7. The van der Waals surface area contributed by atoms with Crippen molar-refractivity contribution in [3.8, 4) is 5.88 Å². The van der Waals surface area contributed by atoms with Crippen LogP contribution in [0.2, 0.25) is 10.0 Å². The van der Waals surface area contributed by atoms with Crippen molar-refractivity contribution in [2.24, 2.45) is 10.2 Å². The summed E-state index contributed by atoms with van der Waals surface area (Å²) in [5.41, 5.74) is 1.10. The van der Waals surface area contributed by atoms with Crippen LogP contribution in [0.15, 0.2) is 46.6 Å². The maximum atomic E-state index is 12.1. The maximum Gasteiger partial charge on any atom is 0.296 e. The van der Waals surface area contributed by atoms with E-state index in [9.17, 15) is 9.90 Å². The number of nitrogens with zero attached hydrogens (tertiary/aromatic N) is 2. The number of aromatic hydroxyl groups is 1. The first-order valence-electron chi connectivity index (χ1n) is 6.37. The molecule has 0 atom stereocenters. The normalized spacial score (nSPS) is 11.4. The van der Waals surface area contributed by atoms with Gasteiger partial charge in [0.25, 0.3) is 5.91 Å². The lowest BCUT2D eigenvalue weighted by Crippen LogP contribution is -1.94. The molecule has 1 amide bonds. The van der Waals surface area contributed by atoms with Crippen LogP contribution in [0.4, 0.5) is 5.69 Å². The Bertz CT molecular complexity index is 953. The van der Waals surface area contributed by atoms with E-state index >= 15 is 0 Å². The molecule has 0 aliphatic rings. The van der Waals surface area contributed by atoms with Crippen LogP contribution in [-0.2, 0) is 0 Å². The number of carbonyl (C=O) groups excluding carboxylic acids is 1. The molecular formula is C15H8Cl2IN3O2. The van der Waals surface area contributed by atoms with E-state index in [-0.39, 0.29) is 22.2 Å². The van der Waals surface area contributed by atoms with Gasteiger partial charge in [-0.05, 0) is 59.0 Å². The molecule has 5 nitrogen and oxygen atoms in total. The van der Waals surface area contributed by atoms with Crippen molar-refractivity contribution in [1.82, 2.24) is 4.98 Å². The average Bonchev–Trinajstić information content (AvgIpc) is 2.79. The Morgan fingerprint density at radius 2 is 1.96 bits per heavy atom. The third-order valence-electron chi connectivity index (χ3n) is 3.12. The Labute approximate surface area is 154 Å². The number of halogens is 3. The maximum absolute atomic E-state index is 12.1. The van der Waals surface area contributed by atoms with E-state index in [0.29, 0.717) is 15.9 Å². The van der Waals surface area contributed by atoms with Gasteiger partial charge >= 0.3 is 0 Å². The first kappa shape index (κ1) is 16.2. The number of hydrogen-bond acceptors (Lipinski definition) is 3. The van der Waals surface area contributed by atoms with Gasteiger partial charge in [-0.3, -0.25) is 4.79 Å². The Morgan fingerprint density at radius 3 is 2.70 bits per heavy atom. The number of azo groups is 1. The Kier molecular flexibility index (Phi) is 4.56. The molecule has 2 N–H and O–H groups in total. The number of benzene rings is 2. The highest BCUT2D eigenvalue weighted by molar-refractivity contribution is 14.1. The number of aromatic nitrogens is 1. The first-order chi connectivity index (χ1) is 11.0. The largest absolute Gasteiger partial charge is 0.493 e. The number of aromatic amines is 1. The summed E-state index contributed by atoms with van der Waals surface area (Å²) < 4.78 is 0.970. The van der Waals surface area contributed by atoms with Crippen LogP contribution in [0.3, 0.4) is 0 Å². The van der Waals surface area contributed by atoms with Crippen molar-refractivity contribution < 1.29 is 9.90 Å². The third-order valence-corrected chi connectivity index (χ3v) is 4.34. The molecule has 1 aromatic heterocycles. The zero-order valence-electron chi connectivity index (χ0n) is 11.3. The minimum Gasteiger partial charge on any atom is -0.493 e. The summed E-state index contributed by atoms with van der Waals surface area (Å²) in [6, 6.07) is 10.0. The van der Waals surface area contributed by atoms with E-state index in [1.54, 1.807) is 6.07 Å². The summed E-state index contributed by atoms with van der Waals surface area (Å²) in [5.74, 6) is -0.771. The highest BCUT2D eigenvalue weighted by Crippen LogP contribution is 2.36. The quantitative estimate of drug-likeness (QED) is 0.380. The van der Waals surface area contributed by atoms with E-state index in [1.165, 1.54) is 12.1 Å². The van der Waals surface area contributed by atoms with Crippen molar-refractivity contribution in [2.75, 3.05) is 0 Å². The van der Waals surface area contributed by atoms with Gasteiger partial charge in [0.15, 0.2) is 5.69 Å². The second-order valence-corrected chi connectivity index (χ2v) is 6.73. The van der Waals surface area contributed by atoms with E-state index < -0.39 is 5.91 Å². The lowest BCUT2D eigenvalue weighted by molar-refractivity contribution is 0.0995. The topological polar surface area (TPSA) is 77.8 Å². The van der Waals surface area contributed by atoms with E-state index in [0.717, 1.165) is 3.57 Å². The molecular weight excluding hydrogens is 452 g/mol. The van der Waals surface area contributed by atoms with Gasteiger partial charge in [0.05, 0.1) is 16.1 Å². The number of amides is 1. The number of nitrogens with one attached hydrogen (secondary N) is 1. The van der Waals surface area contributed by atoms with E-state index in [1.807, 2.05) is 18.2 Å². The number of rotatable bonds is 2. The fraction of sp³-hybridized carbons (Fsp3) is 0. The molecule has 0 aliphatic carbocycles. The van der Waals surface area contributed by atoms with Gasteiger partial charge in [-0.25, -0.2) is 0 Å². The van der Waals surface area contributed by atoms with Gasteiger partial charge in [-0.15, -0.1) is 10.2 Å². The zero-order chi connectivity index (χ0) is 16.6. The predicted octanol–water partition coefficient (Wildman–Crippen LogP) is 5.71. The Balaban J connectivity index is 1.98. The fourth-order valence-electron chi connectivity index (χ4n) is 2.05. The fourth-order valence-corrected chi connectivity index (χ4v) is 3.03. The van der Waals surface area contributed by atoms with Crippen LogP contribution in [-0.4, -0.2) is 16.0 Å². The summed E-state index contributed by atoms with van der Waals surface area (Å²) in [6.07, 6.45) is 0. The van der Waals surface area contributed by atoms with Crippen LogP contribution in [0.5, 0.6) is 5.88 Å². The molecule has 116 valence electrons. The van der Waals surface area contributed by atoms with Crippen molar-refractivity contribution in [3.05, 3.63) is 55.6 Å². The molecule has 2 aromatic carbocycles. The third kappa shape index (κ3) is 3.34. The number of carbonyl (C=O) groups is 1. The second-order valence-electron chi connectivity index (χ2n) is 4.64. The molecule has 3 rings (SSSR count). The summed E-state index contributed by atoms with van der Waals surface area (Å²) >= 11 is 13.9. The molecule has 1 heterocycles. The van der Waals surface area contributed by atoms with Gasteiger partial charge in [0.1, 0.15) is 0 Å². The van der Waals surface area contributed by atoms with Gasteiger partial charge in [0, 0.05) is 14.0 Å². The molecule has 8 heteroatoms. The average molecular weight is 460 g/mol. The predicted molar refractivity (Wildman–Crippen MR) is 98.0 cm³/mol. The summed E-state index contributed by atoms with van der Waals surface area (Å²) in [7, 11) is 0.